The number of ketones is 1. The lowest BCUT2D eigenvalue weighted by atomic mass is 9.95. The number of halogens is 2. The van der Waals surface area contributed by atoms with E-state index in [1.807, 2.05) is 24.4 Å². The van der Waals surface area contributed by atoms with Crippen LogP contribution in [0.15, 0.2) is 78.5 Å². The van der Waals surface area contributed by atoms with E-state index in [9.17, 15) is 23.5 Å². The molecule has 1 atom stereocenters. The van der Waals surface area contributed by atoms with E-state index in [4.69, 9.17) is 4.74 Å². The monoisotopic (exact) mass is 488 g/mol. The van der Waals surface area contributed by atoms with Crippen LogP contribution in [-0.2, 0) is 16.0 Å². The number of methoxy groups -OCH3 is 1. The van der Waals surface area contributed by atoms with Crippen molar-refractivity contribution >= 4 is 28.4 Å². The van der Waals surface area contributed by atoms with Gasteiger partial charge in [-0.05, 0) is 72.1 Å². The Morgan fingerprint density at radius 2 is 1.81 bits per heavy atom. The molecule has 2 N–H and O–H groups in total. The standard InChI is InChI=1S/C28H22F2N2O4/c1-36-21-9-10-23-22(14-21)18(15-31-23)11-12-32-25(17-3-2-4-20(30)13-17)24(27(34)28(32)35)26(33)16-5-7-19(29)8-6-16/h2-10,13-15,25,31,33H,11-12H2,1H3/t25-/m0/s1. The van der Waals surface area contributed by atoms with Crippen molar-refractivity contribution in [1.82, 2.24) is 9.88 Å². The van der Waals surface area contributed by atoms with Gasteiger partial charge in [0.2, 0.25) is 0 Å². The molecule has 1 saturated heterocycles. The molecular formula is C28H22F2N2O4. The van der Waals surface area contributed by atoms with E-state index in [1.54, 1.807) is 13.2 Å². The van der Waals surface area contributed by atoms with Gasteiger partial charge in [-0.1, -0.05) is 12.1 Å². The third-order valence-corrected chi connectivity index (χ3v) is 6.42. The number of carbonyl (C=O) groups excluding carboxylic acids is 2. The third-order valence-electron chi connectivity index (χ3n) is 6.42. The zero-order valence-electron chi connectivity index (χ0n) is 19.3. The molecule has 1 aliphatic heterocycles. The Labute approximate surface area is 205 Å². The first-order valence-electron chi connectivity index (χ1n) is 11.3. The summed E-state index contributed by atoms with van der Waals surface area (Å²) in [7, 11) is 1.58. The van der Waals surface area contributed by atoms with Crippen LogP contribution in [0.4, 0.5) is 8.78 Å². The number of amides is 1. The van der Waals surface area contributed by atoms with Crippen molar-refractivity contribution in [3.05, 3.63) is 107 Å². The molecule has 36 heavy (non-hydrogen) atoms. The predicted octanol–water partition coefficient (Wildman–Crippen LogP) is 5.12. The van der Waals surface area contributed by atoms with Gasteiger partial charge in [0.05, 0.1) is 18.7 Å². The first-order chi connectivity index (χ1) is 17.4. The number of hydrogen-bond donors (Lipinski definition) is 2. The molecule has 1 fully saturated rings. The number of carbonyl (C=O) groups is 2. The Balaban J connectivity index is 1.56. The van der Waals surface area contributed by atoms with Crippen molar-refractivity contribution in [2.24, 2.45) is 0 Å². The molecule has 0 spiro atoms. The molecule has 0 aliphatic carbocycles. The number of fused-ring (bicyclic) bond motifs is 1. The minimum atomic E-state index is -1.01. The van der Waals surface area contributed by atoms with E-state index in [2.05, 4.69) is 4.98 Å². The number of hydrogen-bond acceptors (Lipinski definition) is 4. The van der Waals surface area contributed by atoms with Crippen LogP contribution in [0, 0.1) is 11.6 Å². The molecule has 4 aromatic rings. The highest BCUT2D eigenvalue weighted by Gasteiger charge is 2.46. The third kappa shape index (κ3) is 4.11. The smallest absolute Gasteiger partial charge is 0.295 e. The van der Waals surface area contributed by atoms with E-state index in [-0.39, 0.29) is 17.7 Å². The Bertz CT molecular complexity index is 1510. The highest BCUT2D eigenvalue weighted by Crippen LogP contribution is 2.40. The summed E-state index contributed by atoms with van der Waals surface area (Å²) in [4.78, 5) is 30.8. The minimum Gasteiger partial charge on any atom is -0.507 e. The summed E-state index contributed by atoms with van der Waals surface area (Å²) in [6, 6.07) is 15.1. The number of nitrogens with zero attached hydrogens (tertiary/aromatic N) is 1. The summed E-state index contributed by atoms with van der Waals surface area (Å²) in [6.45, 7) is 0.135. The van der Waals surface area contributed by atoms with Crippen LogP contribution in [-0.4, -0.2) is 40.3 Å². The second-order valence-electron chi connectivity index (χ2n) is 8.53. The van der Waals surface area contributed by atoms with Crippen molar-refractivity contribution < 1.29 is 28.2 Å². The van der Waals surface area contributed by atoms with E-state index in [0.29, 0.717) is 17.7 Å². The van der Waals surface area contributed by atoms with Crippen molar-refractivity contribution in [2.75, 3.05) is 13.7 Å². The summed E-state index contributed by atoms with van der Waals surface area (Å²) in [6.07, 6.45) is 2.22. The minimum absolute atomic E-state index is 0.135. The number of benzene rings is 3. The fraction of sp³-hybridized carbons (Fsp3) is 0.143. The summed E-state index contributed by atoms with van der Waals surface area (Å²) in [5, 5.41) is 11.9. The molecule has 5 rings (SSSR count). The Kier molecular flexibility index (Phi) is 6.01. The van der Waals surface area contributed by atoms with Crippen LogP contribution in [0.25, 0.3) is 16.7 Å². The molecule has 1 aromatic heterocycles. The number of likely N-dealkylation sites (tertiary alicyclic amines) is 1. The fourth-order valence-corrected chi connectivity index (χ4v) is 4.63. The van der Waals surface area contributed by atoms with E-state index in [1.165, 1.54) is 35.2 Å². The number of aliphatic hydroxyl groups excluding tert-OH is 1. The maximum absolute atomic E-state index is 14.2. The Hall–Kier alpha value is -4.46. The average Bonchev–Trinajstić information content (AvgIpc) is 3.40. The van der Waals surface area contributed by atoms with Gasteiger partial charge in [0.15, 0.2) is 0 Å². The van der Waals surface area contributed by atoms with Crippen LogP contribution in [0.5, 0.6) is 5.75 Å². The summed E-state index contributed by atoms with van der Waals surface area (Å²) >= 11 is 0. The molecule has 0 saturated carbocycles. The summed E-state index contributed by atoms with van der Waals surface area (Å²) < 4.78 is 32.9. The zero-order chi connectivity index (χ0) is 25.4. The normalized spacial score (nSPS) is 17.2. The lowest BCUT2D eigenvalue weighted by Crippen LogP contribution is -2.31. The highest BCUT2D eigenvalue weighted by molar-refractivity contribution is 6.46. The van der Waals surface area contributed by atoms with Gasteiger partial charge in [0.1, 0.15) is 23.1 Å². The first kappa shape index (κ1) is 23.3. The zero-order valence-corrected chi connectivity index (χ0v) is 19.3. The van der Waals surface area contributed by atoms with Crippen molar-refractivity contribution in [3.63, 3.8) is 0 Å². The number of aromatic amines is 1. The van der Waals surface area contributed by atoms with Crippen molar-refractivity contribution in [3.8, 4) is 5.75 Å². The molecule has 1 aliphatic rings. The van der Waals surface area contributed by atoms with Crippen molar-refractivity contribution in [2.45, 2.75) is 12.5 Å². The molecule has 3 aromatic carbocycles. The number of aromatic nitrogens is 1. The lowest BCUT2D eigenvalue weighted by Gasteiger charge is -2.25. The summed E-state index contributed by atoms with van der Waals surface area (Å²) in [5.41, 5.74) is 2.16. The van der Waals surface area contributed by atoms with Gasteiger partial charge >= 0.3 is 0 Å². The first-order valence-corrected chi connectivity index (χ1v) is 11.3. The van der Waals surface area contributed by atoms with Crippen LogP contribution < -0.4 is 4.74 Å². The molecule has 2 heterocycles. The van der Waals surface area contributed by atoms with Gasteiger partial charge < -0.3 is 19.7 Å². The molecule has 0 radical (unpaired) electrons. The van der Waals surface area contributed by atoms with Crippen molar-refractivity contribution in [1.29, 1.82) is 0 Å². The van der Waals surface area contributed by atoms with Crippen LogP contribution in [0.1, 0.15) is 22.7 Å². The number of H-pyrrole nitrogens is 1. The van der Waals surface area contributed by atoms with E-state index >= 15 is 0 Å². The van der Waals surface area contributed by atoms with Gasteiger partial charge in [-0.15, -0.1) is 0 Å². The molecule has 6 nitrogen and oxygen atoms in total. The molecule has 1 amide bonds. The van der Waals surface area contributed by atoms with Gasteiger partial charge in [-0.25, -0.2) is 8.78 Å². The second-order valence-corrected chi connectivity index (χ2v) is 8.53. The number of rotatable bonds is 6. The molecular weight excluding hydrogens is 466 g/mol. The number of Topliss-reactive ketones (excluding diaryl/α,β-unsaturated/α-hetero) is 1. The predicted molar refractivity (Wildman–Crippen MR) is 130 cm³/mol. The van der Waals surface area contributed by atoms with E-state index < -0.39 is 35.1 Å². The maximum Gasteiger partial charge on any atom is 0.295 e. The van der Waals surface area contributed by atoms with Gasteiger partial charge in [0.25, 0.3) is 11.7 Å². The van der Waals surface area contributed by atoms with Gasteiger partial charge in [0, 0.05) is 29.2 Å². The lowest BCUT2D eigenvalue weighted by molar-refractivity contribution is -0.139. The highest BCUT2D eigenvalue weighted by atomic mass is 19.1. The quantitative estimate of drug-likeness (QED) is 0.224. The maximum atomic E-state index is 14.2. The largest absolute Gasteiger partial charge is 0.507 e. The molecule has 182 valence electrons. The number of aliphatic hydroxyl groups is 1. The number of nitrogens with one attached hydrogen (secondary N) is 1. The van der Waals surface area contributed by atoms with Gasteiger partial charge in [-0.2, -0.15) is 0 Å². The fourth-order valence-electron chi connectivity index (χ4n) is 4.63. The SMILES string of the molecule is COc1ccc2[nH]cc(CCN3C(=O)C(=O)C(=C(O)c4ccc(F)cc4)[C@@H]3c3cccc(F)c3)c2c1. The Morgan fingerprint density at radius 3 is 2.53 bits per heavy atom. The average molecular weight is 488 g/mol. The van der Waals surface area contributed by atoms with Crippen LogP contribution in [0.3, 0.4) is 0 Å². The topological polar surface area (TPSA) is 82.6 Å². The summed E-state index contributed by atoms with van der Waals surface area (Å²) in [5.74, 6) is -2.49. The molecule has 8 heteroatoms. The van der Waals surface area contributed by atoms with Crippen LogP contribution in [0.2, 0.25) is 0 Å². The molecule has 0 bridgehead atoms. The van der Waals surface area contributed by atoms with E-state index in [0.717, 1.165) is 28.6 Å². The molecule has 0 unspecified atom stereocenters. The number of ether oxygens (including phenoxy) is 1. The Morgan fingerprint density at radius 1 is 1.03 bits per heavy atom. The van der Waals surface area contributed by atoms with Crippen LogP contribution >= 0.6 is 0 Å². The second kappa shape index (κ2) is 9.30. The van der Waals surface area contributed by atoms with Gasteiger partial charge in [-0.3, -0.25) is 9.59 Å².